The van der Waals surface area contributed by atoms with Crippen LogP contribution in [0.25, 0.3) is 0 Å². The van der Waals surface area contributed by atoms with E-state index in [0.29, 0.717) is 30.7 Å². The van der Waals surface area contributed by atoms with Crippen LogP contribution in [0, 0.1) is 0 Å². The van der Waals surface area contributed by atoms with Gasteiger partial charge in [-0.1, -0.05) is 0 Å². The third kappa shape index (κ3) is 4.65. The van der Waals surface area contributed by atoms with Crippen molar-refractivity contribution in [1.82, 2.24) is 20.2 Å². The van der Waals surface area contributed by atoms with Gasteiger partial charge in [0.05, 0.1) is 42.4 Å². The van der Waals surface area contributed by atoms with Gasteiger partial charge in [0.25, 0.3) is 5.91 Å². The van der Waals surface area contributed by atoms with E-state index in [1.807, 2.05) is 0 Å². The number of carbonyl (C=O) groups is 1. The lowest BCUT2D eigenvalue weighted by Crippen LogP contribution is -2.26. The topological polar surface area (TPSA) is 111 Å². The first-order valence-corrected chi connectivity index (χ1v) is 9.41. The fourth-order valence-corrected chi connectivity index (χ4v) is 3.05. The molecule has 0 bridgehead atoms. The molecule has 2 N–H and O–H groups in total. The van der Waals surface area contributed by atoms with Crippen molar-refractivity contribution in [2.24, 2.45) is 0 Å². The lowest BCUT2D eigenvalue weighted by Gasteiger charge is -2.24. The number of carbonyl (C=O) groups excluding carboxylic acids is 1. The van der Waals surface area contributed by atoms with Gasteiger partial charge >= 0.3 is 6.18 Å². The predicted octanol–water partition coefficient (Wildman–Crippen LogP) is 3.50. The highest BCUT2D eigenvalue weighted by Crippen LogP contribution is 2.35. The van der Waals surface area contributed by atoms with Crippen LogP contribution >= 0.6 is 0 Å². The lowest BCUT2D eigenvalue weighted by molar-refractivity contribution is -0.149. The molecule has 4 rings (SSSR count). The molecule has 0 radical (unpaired) electrons. The van der Waals surface area contributed by atoms with Crippen LogP contribution in [0.2, 0.25) is 0 Å². The quantitative estimate of drug-likeness (QED) is 0.613. The van der Waals surface area contributed by atoms with E-state index in [0.717, 1.165) is 6.07 Å². The van der Waals surface area contributed by atoms with Gasteiger partial charge in [-0.15, -0.1) is 0 Å². The minimum atomic E-state index is -4.48. The van der Waals surface area contributed by atoms with Crippen molar-refractivity contribution in [2.75, 3.05) is 23.8 Å². The molecule has 0 atom stereocenters. The SMILES string of the molecule is CC1(c2cnncc2NC(=O)c2ccnc(Nc3ccc(C(F)(F)F)cn3)c2)OCCO1. The maximum Gasteiger partial charge on any atom is 0.417 e. The molecule has 1 aliphatic heterocycles. The summed E-state index contributed by atoms with van der Waals surface area (Å²) in [4.78, 5) is 20.6. The zero-order valence-electron chi connectivity index (χ0n) is 16.7. The second kappa shape index (κ2) is 8.48. The molecule has 4 heterocycles. The number of aromatic nitrogens is 4. The molecular weight excluding hydrogens is 429 g/mol. The molecule has 1 fully saturated rings. The van der Waals surface area contributed by atoms with E-state index in [1.54, 1.807) is 6.92 Å². The minimum Gasteiger partial charge on any atom is -0.344 e. The van der Waals surface area contributed by atoms with Crippen molar-refractivity contribution in [1.29, 1.82) is 0 Å². The first-order valence-electron chi connectivity index (χ1n) is 9.41. The molecule has 166 valence electrons. The van der Waals surface area contributed by atoms with Crippen molar-refractivity contribution in [2.45, 2.75) is 18.9 Å². The van der Waals surface area contributed by atoms with Gasteiger partial charge < -0.3 is 20.1 Å². The number of amides is 1. The third-order valence-corrected chi connectivity index (χ3v) is 4.68. The standard InChI is InChI=1S/C20H17F3N6O3/c1-19(31-6-7-32-19)14-10-26-27-11-15(14)28-18(30)12-4-5-24-17(8-12)29-16-3-2-13(9-25-16)20(21,22)23/h2-5,8-11H,6-7H2,1H3,(H,24,25,29)(H,26,28,30). The molecule has 0 aliphatic carbocycles. The maximum atomic E-state index is 12.8. The van der Waals surface area contributed by atoms with Crippen LogP contribution in [0.5, 0.6) is 0 Å². The van der Waals surface area contributed by atoms with Crippen molar-refractivity contribution in [3.8, 4) is 0 Å². The van der Waals surface area contributed by atoms with E-state index in [4.69, 9.17) is 9.47 Å². The molecule has 9 nitrogen and oxygen atoms in total. The van der Waals surface area contributed by atoms with E-state index < -0.39 is 23.4 Å². The number of ether oxygens (including phenoxy) is 2. The summed E-state index contributed by atoms with van der Waals surface area (Å²) in [5.74, 6) is -1.15. The van der Waals surface area contributed by atoms with E-state index in [-0.39, 0.29) is 17.2 Å². The molecular formula is C20H17F3N6O3. The van der Waals surface area contributed by atoms with E-state index in [2.05, 4.69) is 30.8 Å². The van der Waals surface area contributed by atoms with Gasteiger partial charge in [0.1, 0.15) is 11.6 Å². The summed E-state index contributed by atoms with van der Waals surface area (Å²) in [6.45, 7) is 2.53. The second-order valence-corrected chi connectivity index (χ2v) is 6.90. The molecule has 0 unspecified atom stereocenters. The summed E-state index contributed by atoms with van der Waals surface area (Å²) >= 11 is 0. The number of halogens is 3. The fraction of sp³-hybridized carbons (Fsp3) is 0.250. The van der Waals surface area contributed by atoms with Gasteiger partial charge in [-0.2, -0.15) is 23.4 Å². The molecule has 0 aromatic carbocycles. The van der Waals surface area contributed by atoms with Gasteiger partial charge in [-0.05, 0) is 31.2 Å². The molecule has 0 saturated carbocycles. The minimum absolute atomic E-state index is 0.145. The normalized spacial score (nSPS) is 15.4. The van der Waals surface area contributed by atoms with E-state index >= 15 is 0 Å². The highest BCUT2D eigenvalue weighted by atomic mass is 19.4. The van der Waals surface area contributed by atoms with Crippen LogP contribution in [0.3, 0.4) is 0 Å². The smallest absolute Gasteiger partial charge is 0.344 e. The number of hydrogen-bond acceptors (Lipinski definition) is 8. The molecule has 12 heteroatoms. The Morgan fingerprint density at radius 1 is 1.03 bits per heavy atom. The molecule has 3 aromatic rings. The van der Waals surface area contributed by atoms with Crippen molar-refractivity contribution < 1.29 is 27.4 Å². The summed E-state index contributed by atoms with van der Waals surface area (Å²) < 4.78 is 49.3. The number of alkyl halides is 3. The Labute approximate surface area is 180 Å². The summed E-state index contributed by atoms with van der Waals surface area (Å²) in [6.07, 6.45) is 0.461. The van der Waals surface area contributed by atoms with Crippen LogP contribution < -0.4 is 10.6 Å². The van der Waals surface area contributed by atoms with E-state index in [1.165, 1.54) is 36.8 Å². The molecule has 1 saturated heterocycles. The number of nitrogens with one attached hydrogen (secondary N) is 2. The number of rotatable bonds is 5. The van der Waals surface area contributed by atoms with Crippen LogP contribution in [0.1, 0.15) is 28.4 Å². The fourth-order valence-electron chi connectivity index (χ4n) is 3.05. The first-order chi connectivity index (χ1) is 15.2. The Bertz CT molecular complexity index is 1120. The summed E-state index contributed by atoms with van der Waals surface area (Å²) in [5.41, 5.74) is 0.259. The third-order valence-electron chi connectivity index (χ3n) is 4.68. The Hall–Kier alpha value is -3.64. The number of hydrogen-bond donors (Lipinski definition) is 2. The summed E-state index contributed by atoms with van der Waals surface area (Å²) in [6, 6.07) is 5.00. The number of pyridine rings is 2. The highest BCUT2D eigenvalue weighted by molar-refractivity contribution is 6.05. The first kappa shape index (κ1) is 21.6. The van der Waals surface area contributed by atoms with Crippen LogP contribution in [0.4, 0.5) is 30.5 Å². The van der Waals surface area contributed by atoms with Crippen molar-refractivity contribution in [3.63, 3.8) is 0 Å². The maximum absolute atomic E-state index is 12.8. The van der Waals surface area contributed by atoms with E-state index in [9.17, 15) is 18.0 Å². The monoisotopic (exact) mass is 446 g/mol. The Balaban J connectivity index is 1.50. The number of anilines is 3. The zero-order valence-corrected chi connectivity index (χ0v) is 16.7. The zero-order chi connectivity index (χ0) is 22.8. The van der Waals surface area contributed by atoms with Crippen molar-refractivity contribution in [3.05, 3.63) is 65.7 Å². The Morgan fingerprint density at radius 3 is 2.47 bits per heavy atom. The molecule has 1 amide bonds. The summed E-state index contributed by atoms with van der Waals surface area (Å²) in [7, 11) is 0. The highest BCUT2D eigenvalue weighted by Gasteiger charge is 2.36. The largest absolute Gasteiger partial charge is 0.417 e. The average Bonchev–Trinajstić information content (AvgIpc) is 3.21. The molecule has 0 spiro atoms. The Morgan fingerprint density at radius 2 is 1.78 bits per heavy atom. The van der Waals surface area contributed by atoms with Crippen LogP contribution in [-0.2, 0) is 21.4 Å². The van der Waals surface area contributed by atoms with Gasteiger partial charge in [0, 0.05) is 18.0 Å². The van der Waals surface area contributed by atoms with Gasteiger partial charge in [0.15, 0.2) is 5.79 Å². The van der Waals surface area contributed by atoms with Crippen LogP contribution in [-0.4, -0.2) is 39.3 Å². The average molecular weight is 446 g/mol. The lowest BCUT2D eigenvalue weighted by atomic mass is 10.1. The second-order valence-electron chi connectivity index (χ2n) is 6.90. The van der Waals surface area contributed by atoms with Crippen molar-refractivity contribution >= 4 is 23.2 Å². The van der Waals surface area contributed by atoms with Gasteiger partial charge in [0.2, 0.25) is 0 Å². The predicted molar refractivity (Wildman–Crippen MR) is 106 cm³/mol. The molecule has 32 heavy (non-hydrogen) atoms. The molecule has 3 aromatic heterocycles. The number of nitrogens with zero attached hydrogens (tertiary/aromatic N) is 4. The van der Waals surface area contributed by atoms with Gasteiger partial charge in [-0.3, -0.25) is 4.79 Å². The molecule has 1 aliphatic rings. The Kier molecular flexibility index (Phi) is 5.72. The van der Waals surface area contributed by atoms with Gasteiger partial charge in [-0.25, -0.2) is 9.97 Å². The van der Waals surface area contributed by atoms with Crippen LogP contribution in [0.15, 0.2) is 49.1 Å². The summed E-state index contributed by atoms with van der Waals surface area (Å²) in [5, 5.41) is 13.2.